The van der Waals surface area contributed by atoms with Crippen molar-refractivity contribution < 1.29 is 21.8 Å². The smallest absolute Gasteiger partial charge is 0.258 e. The molecule has 0 N–H and O–H groups in total. The van der Waals surface area contributed by atoms with Gasteiger partial charge in [0.2, 0.25) is 9.05 Å². The zero-order chi connectivity index (χ0) is 14.8. The van der Waals surface area contributed by atoms with Crippen molar-refractivity contribution in [3.8, 4) is 0 Å². The molecule has 0 atom stereocenters. The molecule has 0 aliphatic rings. The Labute approximate surface area is 118 Å². The first-order chi connectivity index (χ1) is 8.54. The van der Waals surface area contributed by atoms with Crippen molar-refractivity contribution in [2.75, 3.05) is 11.5 Å². The first kappa shape index (κ1) is 16.2. The summed E-state index contributed by atoms with van der Waals surface area (Å²) >= 11 is 5.64. The summed E-state index contributed by atoms with van der Waals surface area (Å²) in [6, 6.07) is 3.35. The van der Waals surface area contributed by atoms with Gasteiger partial charge in [-0.2, -0.15) is 0 Å². The summed E-state index contributed by atoms with van der Waals surface area (Å²) in [4.78, 5) is 9.14. The van der Waals surface area contributed by atoms with Gasteiger partial charge in [0.05, 0.1) is 21.5 Å². The van der Waals surface area contributed by atoms with E-state index in [2.05, 4.69) is 0 Å². The molecular formula is C8H7Cl2NO6S2. The van der Waals surface area contributed by atoms with Crippen LogP contribution < -0.4 is 0 Å². The van der Waals surface area contributed by atoms with Gasteiger partial charge in [0.25, 0.3) is 5.69 Å². The van der Waals surface area contributed by atoms with Crippen LogP contribution in [-0.4, -0.2) is 33.3 Å². The molecule has 0 aliphatic heterocycles. The van der Waals surface area contributed by atoms with E-state index in [-0.39, 0.29) is 5.02 Å². The van der Waals surface area contributed by atoms with Crippen LogP contribution in [0.4, 0.5) is 5.69 Å². The molecule has 0 fully saturated rings. The molecular weight excluding hydrogens is 341 g/mol. The molecule has 0 aliphatic carbocycles. The van der Waals surface area contributed by atoms with Gasteiger partial charge in [0.1, 0.15) is 0 Å². The lowest BCUT2D eigenvalue weighted by Gasteiger charge is -2.06. The molecule has 1 aromatic rings. The fourth-order valence-corrected chi connectivity index (χ4v) is 5.05. The summed E-state index contributed by atoms with van der Waals surface area (Å²) in [5.41, 5.74) is -0.709. The van der Waals surface area contributed by atoms with E-state index in [9.17, 15) is 26.9 Å². The van der Waals surface area contributed by atoms with Gasteiger partial charge >= 0.3 is 0 Å². The van der Waals surface area contributed by atoms with E-state index >= 15 is 0 Å². The third kappa shape index (κ3) is 4.30. The van der Waals surface area contributed by atoms with E-state index in [1.54, 1.807) is 0 Å². The quantitative estimate of drug-likeness (QED) is 0.454. The molecule has 1 rings (SSSR count). The standard InChI is InChI=1S/C8H7Cl2NO6S2/c9-6-2-1-3-7(11(12)13)8(6)18(14,15)4-5-19(10,16)17/h1-3H,4-5H2. The van der Waals surface area contributed by atoms with Crippen molar-refractivity contribution in [2.24, 2.45) is 0 Å². The maximum absolute atomic E-state index is 11.9. The second-order valence-electron chi connectivity index (χ2n) is 3.41. The molecule has 106 valence electrons. The van der Waals surface area contributed by atoms with Gasteiger partial charge in [-0.3, -0.25) is 10.1 Å². The SMILES string of the molecule is O=[N+]([O-])c1cccc(Cl)c1S(=O)(=O)CCS(=O)(=O)Cl. The van der Waals surface area contributed by atoms with Gasteiger partial charge in [-0.05, 0) is 6.07 Å². The van der Waals surface area contributed by atoms with Crippen molar-refractivity contribution in [2.45, 2.75) is 4.90 Å². The highest BCUT2D eigenvalue weighted by Crippen LogP contribution is 2.31. The summed E-state index contributed by atoms with van der Waals surface area (Å²) in [5, 5.41) is 10.4. The van der Waals surface area contributed by atoms with Crippen molar-refractivity contribution in [3.05, 3.63) is 33.3 Å². The van der Waals surface area contributed by atoms with Crippen LogP contribution in [0.1, 0.15) is 0 Å². The normalized spacial score (nSPS) is 12.3. The average molecular weight is 348 g/mol. The minimum atomic E-state index is -4.24. The van der Waals surface area contributed by atoms with Gasteiger partial charge < -0.3 is 0 Å². The second-order valence-corrected chi connectivity index (χ2v) is 8.76. The van der Waals surface area contributed by atoms with Crippen LogP contribution >= 0.6 is 22.3 Å². The number of nitro groups is 1. The fourth-order valence-electron chi connectivity index (χ4n) is 1.26. The first-order valence-electron chi connectivity index (χ1n) is 4.62. The molecule has 19 heavy (non-hydrogen) atoms. The monoisotopic (exact) mass is 347 g/mol. The van der Waals surface area contributed by atoms with E-state index in [0.29, 0.717) is 0 Å². The van der Waals surface area contributed by atoms with E-state index in [1.165, 1.54) is 6.07 Å². The Balaban J connectivity index is 3.33. The predicted molar refractivity (Wildman–Crippen MR) is 69.8 cm³/mol. The Kier molecular flexibility index (Phi) is 4.77. The Morgan fingerprint density at radius 1 is 1.16 bits per heavy atom. The molecule has 7 nitrogen and oxygen atoms in total. The van der Waals surface area contributed by atoms with Crippen LogP contribution in [0.2, 0.25) is 5.02 Å². The molecule has 0 aromatic heterocycles. The average Bonchev–Trinajstić information content (AvgIpc) is 2.25. The maximum atomic E-state index is 11.9. The second kappa shape index (κ2) is 5.61. The van der Waals surface area contributed by atoms with Crippen LogP contribution in [0, 0.1) is 10.1 Å². The lowest BCUT2D eigenvalue weighted by atomic mass is 10.3. The molecule has 0 heterocycles. The largest absolute Gasteiger partial charge is 0.289 e. The number of rotatable bonds is 5. The number of hydrogen-bond acceptors (Lipinski definition) is 6. The zero-order valence-electron chi connectivity index (χ0n) is 9.12. The lowest BCUT2D eigenvalue weighted by molar-refractivity contribution is -0.387. The number of halogens is 2. The molecule has 11 heteroatoms. The third-order valence-electron chi connectivity index (χ3n) is 2.05. The van der Waals surface area contributed by atoms with Crippen LogP contribution in [0.25, 0.3) is 0 Å². The minimum Gasteiger partial charge on any atom is -0.258 e. The number of benzene rings is 1. The van der Waals surface area contributed by atoms with E-state index in [0.717, 1.165) is 12.1 Å². The van der Waals surface area contributed by atoms with Gasteiger partial charge in [-0.15, -0.1) is 0 Å². The van der Waals surface area contributed by atoms with E-state index in [1.807, 2.05) is 0 Å². The van der Waals surface area contributed by atoms with Crippen molar-refractivity contribution in [3.63, 3.8) is 0 Å². The summed E-state index contributed by atoms with van der Waals surface area (Å²) in [6.45, 7) is 0. The van der Waals surface area contributed by atoms with Crippen molar-refractivity contribution >= 4 is 46.9 Å². The summed E-state index contributed by atoms with van der Waals surface area (Å²) in [5.74, 6) is -1.75. The first-order valence-corrected chi connectivity index (χ1v) is 9.13. The number of hydrogen-bond donors (Lipinski definition) is 0. The van der Waals surface area contributed by atoms with Crippen LogP contribution in [-0.2, 0) is 18.9 Å². The molecule has 1 aromatic carbocycles. The molecule has 0 saturated carbocycles. The zero-order valence-corrected chi connectivity index (χ0v) is 12.3. The highest BCUT2D eigenvalue weighted by atomic mass is 35.7. The van der Waals surface area contributed by atoms with Crippen LogP contribution in [0.15, 0.2) is 23.1 Å². The maximum Gasteiger partial charge on any atom is 0.289 e. The van der Waals surface area contributed by atoms with Gasteiger partial charge in [0, 0.05) is 16.7 Å². The minimum absolute atomic E-state index is 0.346. The Hall–Kier alpha value is -0.900. The van der Waals surface area contributed by atoms with Gasteiger partial charge in [0.15, 0.2) is 14.7 Å². The highest BCUT2D eigenvalue weighted by molar-refractivity contribution is 8.14. The Bertz CT molecular complexity index is 713. The summed E-state index contributed by atoms with van der Waals surface area (Å²) in [6.07, 6.45) is 0. The molecule has 0 saturated heterocycles. The third-order valence-corrected chi connectivity index (χ3v) is 5.68. The summed E-state index contributed by atoms with van der Waals surface area (Å²) < 4.78 is 45.3. The van der Waals surface area contributed by atoms with Gasteiger partial charge in [-0.25, -0.2) is 16.8 Å². The topological polar surface area (TPSA) is 111 Å². The van der Waals surface area contributed by atoms with Crippen molar-refractivity contribution in [1.82, 2.24) is 0 Å². The molecule has 0 radical (unpaired) electrons. The molecule has 0 amide bonds. The summed E-state index contributed by atoms with van der Waals surface area (Å²) in [7, 11) is -3.36. The molecule has 0 spiro atoms. The van der Waals surface area contributed by atoms with Gasteiger partial charge in [-0.1, -0.05) is 17.7 Å². The van der Waals surface area contributed by atoms with Crippen LogP contribution in [0.3, 0.4) is 0 Å². The number of sulfone groups is 1. The van der Waals surface area contributed by atoms with E-state index < -0.39 is 45.9 Å². The van der Waals surface area contributed by atoms with Crippen LogP contribution in [0.5, 0.6) is 0 Å². The fraction of sp³-hybridized carbons (Fsp3) is 0.250. The molecule has 0 unspecified atom stereocenters. The predicted octanol–water partition coefficient (Wildman–Crippen LogP) is 1.59. The Morgan fingerprint density at radius 3 is 2.21 bits per heavy atom. The Morgan fingerprint density at radius 2 is 1.74 bits per heavy atom. The number of nitro benzene ring substituents is 1. The number of nitrogens with zero attached hydrogens (tertiary/aromatic N) is 1. The van der Waals surface area contributed by atoms with Crippen molar-refractivity contribution in [1.29, 1.82) is 0 Å². The van der Waals surface area contributed by atoms with E-state index in [4.69, 9.17) is 22.3 Å². The lowest BCUT2D eigenvalue weighted by Crippen LogP contribution is -2.16. The highest BCUT2D eigenvalue weighted by Gasteiger charge is 2.29. The molecule has 0 bridgehead atoms.